The van der Waals surface area contributed by atoms with Gasteiger partial charge in [0.15, 0.2) is 0 Å². The van der Waals surface area contributed by atoms with E-state index < -0.39 is 5.82 Å². The first kappa shape index (κ1) is 12.9. The van der Waals surface area contributed by atoms with E-state index in [1.54, 1.807) is 6.07 Å². The van der Waals surface area contributed by atoms with Crippen molar-refractivity contribution < 1.29 is 9.18 Å². The lowest BCUT2D eigenvalue weighted by molar-refractivity contribution is -0.116. The average molecular weight is 250 g/mol. The summed E-state index contributed by atoms with van der Waals surface area (Å²) in [5.41, 5.74) is 6.01. The van der Waals surface area contributed by atoms with Crippen LogP contribution in [-0.4, -0.2) is 5.91 Å². The predicted molar refractivity (Wildman–Crippen MR) is 70.6 cm³/mol. The van der Waals surface area contributed by atoms with E-state index in [2.05, 4.69) is 5.32 Å². The topological polar surface area (TPSA) is 55.1 Å². The van der Waals surface area contributed by atoms with Gasteiger partial charge in [0.25, 0.3) is 0 Å². The number of nitrogens with one attached hydrogen (secondary N) is 1. The van der Waals surface area contributed by atoms with Gasteiger partial charge in [-0.1, -0.05) is 31.7 Å². The SMILES string of the molecule is Nc1cccc(F)c1NC(=O)CCC1CCCC1. The Morgan fingerprint density at radius 3 is 2.78 bits per heavy atom. The van der Waals surface area contributed by atoms with Crippen LogP contribution in [0.1, 0.15) is 38.5 Å². The third-order valence-electron chi connectivity index (χ3n) is 3.56. The van der Waals surface area contributed by atoms with Gasteiger partial charge < -0.3 is 11.1 Å². The van der Waals surface area contributed by atoms with E-state index in [4.69, 9.17) is 5.73 Å². The lowest BCUT2D eigenvalue weighted by Crippen LogP contribution is -2.15. The van der Waals surface area contributed by atoms with E-state index in [0.29, 0.717) is 12.3 Å². The number of para-hydroxylation sites is 1. The van der Waals surface area contributed by atoms with Crippen LogP contribution < -0.4 is 11.1 Å². The second-order valence-corrected chi connectivity index (χ2v) is 4.94. The van der Waals surface area contributed by atoms with Crippen LogP contribution in [-0.2, 0) is 4.79 Å². The molecule has 18 heavy (non-hydrogen) atoms. The highest BCUT2D eigenvalue weighted by molar-refractivity contribution is 5.93. The van der Waals surface area contributed by atoms with E-state index in [1.807, 2.05) is 0 Å². The maximum Gasteiger partial charge on any atom is 0.224 e. The summed E-state index contributed by atoms with van der Waals surface area (Å²) in [7, 11) is 0. The lowest BCUT2D eigenvalue weighted by atomic mass is 10.0. The highest BCUT2D eigenvalue weighted by Crippen LogP contribution is 2.29. The molecule has 4 heteroatoms. The average Bonchev–Trinajstić information content (AvgIpc) is 2.84. The molecule has 0 heterocycles. The summed E-state index contributed by atoms with van der Waals surface area (Å²) in [6, 6.07) is 4.40. The van der Waals surface area contributed by atoms with Crippen molar-refractivity contribution in [1.29, 1.82) is 0 Å². The number of rotatable bonds is 4. The molecule has 0 radical (unpaired) electrons. The molecule has 1 amide bonds. The number of benzene rings is 1. The summed E-state index contributed by atoms with van der Waals surface area (Å²) in [6.07, 6.45) is 6.31. The van der Waals surface area contributed by atoms with Crippen LogP contribution in [0.4, 0.5) is 15.8 Å². The Hall–Kier alpha value is -1.58. The standard InChI is InChI=1S/C14H19FN2O/c15-11-6-3-7-12(16)14(11)17-13(18)9-8-10-4-1-2-5-10/h3,6-7,10H,1-2,4-5,8-9,16H2,(H,17,18). The molecule has 0 aromatic heterocycles. The minimum absolute atomic E-state index is 0.105. The monoisotopic (exact) mass is 250 g/mol. The fraction of sp³-hybridized carbons (Fsp3) is 0.500. The van der Waals surface area contributed by atoms with Crippen molar-refractivity contribution in [3.63, 3.8) is 0 Å². The largest absolute Gasteiger partial charge is 0.397 e. The highest BCUT2D eigenvalue weighted by atomic mass is 19.1. The van der Waals surface area contributed by atoms with Gasteiger partial charge in [0, 0.05) is 6.42 Å². The number of amides is 1. The number of carbonyl (C=O) groups is 1. The minimum atomic E-state index is -0.482. The summed E-state index contributed by atoms with van der Waals surface area (Å²) in [4.78, 5) is 11.7. The number of hydrogen-bond donors (Lipinski definition) is 2. The van der Waals surface area contributed by atoms with Gasteiger partial charge in [0.1, 0.15) is 11.5 Å². The third kappa shape index (κ3) is 3.22. The Balaban J connectivity index is 1.86. The summed E-state index contributed by atoms with van der Waals surface area (Å²) in [6.45, 7) is 0. The zero-order chi connectivity index (χ0) is 13.0. The number of halogens is 1. The van der Waals surface area contributed by atoms with Crippen LogP contribution in [0, 0.1) is 11.7 Å². The van der Waals surface area contributed by atoms with Crippen molar-refractivity contribution in [3.05, 3.63) is 24.0 Å². The predicted octanol–water partition coefficient (Wildman–Crippen LogP) is 3.32. The van der Waals surface area contributed by atoms with E-state index in [-0.39, 0.29) is 17.3 Å². The quantitative estimate of drug-likeness (QED) is 0.805. The number of nitrogen functional groups attached to an aromatic ring is 1. The van der Waals surface area contributed by atoms with Gasteiger partial charge in [0.2, 0.25) is 5.91 Å². The van der Waals surface area contributed by atoms with Crippen LogP contribution >= 0.6 is 0 Å². The number of nitrogens with two attached hydrogens (primary N) is 1. The minimum Gasteiger partial charge on any atom is -0.397 e. The van der Waals surface area contributed by atoms with Gasteiger partial charge in [-0.05, 0) is 24.5 Å². The molecule has 0 bridgehead atoms. The molecule has 98 valence electrons. The molecule has 1 saturated carbocycles. The van der Waals surface area contributed by atoms with Crippen LogP contribution in [0.25, 0.3) is 0 Å². The molecule has 0 unspecified atom stereocenters. The Labute approximate surface area is 107 Å². The van der Waals surface area contributed by atoms with Crippen molar-refractivity contribution in [2.24, 2.45) is 5.92 Å². The maximum atomic E-state index is 13.5. The molecule has 1 aromatic carbocycles. The molecular formula is C14H19FN2O. The Morgan fingerprint density at radius 2 is 2.11 bits per heavy atom. The first-order chi connectivity index (χ1) is 8.66. The molecule has 0 spiro atoms. The molecular weight excluding hydrogens is 231 g/mol. The van der Waals surface area contributed by atoms with Gasteiger partial charge in [0.05, 0.1) is 5.69 Å². The smallest absolute Gasteiger partial charge is 0.224 e. The number of anilines is 2. The molecule has 1 aliphatic rings. The lowest BCUT2D eigenvalue weighted by Gasteiger charge is -2.11. The van der Waals surface area contributed by atoms with Gasteiger partial charge in [-0.15, -0.1) is 0 Å². The van der Waals surface area contributed by atoms with Crippen molar-refractivity contribution >= 4 is 17.3 Å². The van der Waals surface area contributed by atoms with Crippen molar-refractivity contribution in [3.8, 4) is 0 Å². The number of carbonyl (C=O) groups excluding carboxylic acids is 1. The zero-order valence-corrected chi connectivity index (χ0v) is 10.4. The van der Waals surface area contributed by atoms with Gasteiger partial charge in [-0.3, -0.25) is 4.79 Å². The third-order valence-corrected chi connectivity index (χ3v) is 3.56. The van der Waals surface area contributed by atoms with Crippen molar-refractivity contribution in [2.75, 3.05) is 11.1 Å². The molecule has 1 fully saturated rings. The van der Waals surface area contributed by atoms with E-state index in [1.165, 1.54) is 37.8 Å². The van der Waals surface area contributed by atoms with Gasteiger partial charge in [-0.2, -0.15) is 0 Å². The molecule has 1 aromatic rings. The first-order valence-electron chi connectivity index (χ1n) is 6.50. The van der Waals surface area contributed by atoms with Gasteiger partial charge >= 0.3 is 0 Å². The molecule has 3 nitrogen and oxygen atoms in total. The molecule has 0 aliphatic heterocycles. The van der Waals surface area contributed by atoms with Crippen molar-refractivity contribution in [1.82, 2.24) is 0 Å². The fourth-order valence-corrected chi connectivity index (χ4v) is 2.51. The second-order valence-electron chi connectivity index (χ2n) is 4.94. The zero-order valence-electron chi connectivity index (χ0n) is 10.4. The molecule has 0 saturated heterocycles. The second kappa shape index (κ2) is 5.85. The van der Waals surface area contributed by atoms with E-state index in [9.17, 15) is 9.18 Å². The molecule has 3 N–H and O–H groups in total. The Morgan fingerprint density at radius 1 is 1.39 bits per heavy atom. The normalized spacial score (nSPS) is 15.8. The maximum absolute atomic E-state index is 13.5. The van der Waals surface area contributed by atoms with Crippen LogP contribution in [0.15, 0.2) is 18.2 Å². The van der Waals surface area contributed by atoms with E-state index >= 15 is 0 Å². The van der Waals surface area contributed by atoms with Crippen LogP contribution in [0.2, 0.25) is 0 Å². The molecule has 1 aliphatic carbocycles. The van der Waals surface area contributed by atoms with E-state index in [0.717, 1.165) is 6.42 Å². The highest BCUT2D eigenvalue weighted by Gasteiger charge is 2.17. The summed E-state index contributed by atoms with van der Waals surface area (Å²) < 4.78 is 13.5. The number of hydrogen-bond acceptors (Lipinski definition) is 2. The Kier molecular flexibility index (Phi) is 4.18. The molecule has 0 atom stereocenters. The summed E-state index contributed by atoms with van der Waals surface area (Å²) in [5, 5.41) is 2.56. The van der Waals surface area contributed by atoms with Crippen LogP contribution in [0.3, 0.4) is 0 Å². The molecule has 2 rings (SSSR count). The summed E-state index contributed by atoms with van der Waals surface area (Å²) in [5.74, 6) is 0.0247. The first-order valence-corrected chi connectivity index (χ1v) is 6.50. The van der Waals surface area contributed by atoms with Crippen LogP contribution in [0.5, 0.6) is 0 Å². The summed E-state index contributed by atoms with van der Waals surface area (Å²) >= 11 is 0. The van der Waals surface area contributed by atoms with Gasteiger partial charge in [-0.25, -0.2) is 4.39 Å². The Bertz CT molecular complexity index is 408. The van der Waals surface area contributed by atoms with Crippen molar-refractivity contribution in [2.45, 2.75) is 38.5 Å². The fourth-order valence-electron chi connectivity index (χ4n) is 2.51.